The number of fused-ring (bicyclic) bond motifs is 3. The lowest BCUT2D eigenvalue weighted by Gasteiger charge is -2.46. The van der Waals surface area contributed by atoms with Crippen LogP contribution in [0.1, 0.15) is 61.5 Å². The molecular formula is C20H26N4O3. The van der Waals surface area contributed by atoms with Crippen molar-refractivity contribution in [2.24, 2.45) is 5.73 Å². The van der Waals surface area contributed by atoms with Crippen LogP contribution in [0.3, 0.4) is 0 Å². The Bertz CT molecular complexity index is 844. The summed E-state index contributed by atoms with van der Waals surface area (Å²) in [5, 5.41) is 4.10. The van der Waals surface area contributed by atoms with E-state index >= 15 is 0 Å². The molecule has 1 aromatic heterocycles. The van der Waals surface area contributed by atoms with Gasteiger partial charge in [-0.25, -0.2) is 0 Å². The maximum absolute atomic E-state index is 5.88. The third-order valence-corrected chi connectivity index (χ3v) is 6.38. The average molecular weight is 370 g/mol. The highest BCUT2D eigenvalue weighted by atomic mass is 16.6. The SMILES string of the molecule is CC1c2cc3c(cc2C2(CCCC2)CN1Cc1noc(CN)n1)OCCO3. The number of rotatable bonds is 3. The first-order valence-corrected chi connectivity index (χ1v) is 9.88. The zero-order chi connectivity index (χ0) is 18.4. The van der Waals surface area contributed by atoms with Crippen molar-refractivity contribution in [2.45, 2.75) is 57.2 Å². The minimum Gasteiger partial charge on any atom is -0.486 e. The second-order valence-corrected chi connectivity index (χ2v) is 7.96. The van der Waals surface area contributed by atoms with Crippen molar-refractivity contribution in [1.29, 1.82) is 0 Å². The number of nitrogens with zero attached hydrogens (tertiary/aromatic N) is 3. The Morgan fingerprint density at radius 1 is 1.19 bits per heavy atom. The number of aromatic nitrogens is 2. The highest BCUT2D eigenvalue weighted by Gasteiger charge is 2.45. The summed E-state index contributed by atoms with van der Waals surface area (Å²) in [7, 11) is 0. The summed E-state index contributed by atoms with van der Waals surface area (Å²) in [4.78, 5) is 6.88. The smallest absolute Gasteiger partial charge is 0.240 e. The molecule has 2 aromatic rings. The fourth-order valence-corrected chi connectivity index (χ4v) is 5.01. The van der Waals surface area contributed by atoms with Gasteiger partial charge in [0.1, 0.15) is 13.2 Å². The quantitative estimate of drug-likeness (QED) is 0.889. The van der Waals surface area contributed by atoms with Gasteiger partial charge in [0, 0.05) is 18.0 Å². The molecule has 1 aromatic carbocycles. The summed E-state index contributed by atoms with van der Waals surface area (Å²) >= 11 is 0. The van der Waals surface area contributed by atoms with Crippen molar-refractivity contribution in [2.75, 3.05) is 19.8 Å². The lowest BCUT2D eigenvalue weighted by molar-refractivity contribution is 0.121. The van der Waals surface area contributed by atoms with Crippen LogP contribution in [0.2, 0.25) is 0 Å². The Balaban J connectivity index is 1.53. The molecule has 1 saturated carbocycles. The van der Waals surface area contributed by atoms with Gasteiger partial charge in [0.15, 0.2) is 17.3 Å². The lowest BCUT2D eigenvalue weighted by atomic mass is 9.71. The average Bonchev–Trinajstić information content (AvgIpc) is 3.35. The van der Waals surface area contributed by atoms with Gasteiger partial charge in [0.05, 0.1) is 13.1 Å². The molecule has 1 fully saturated rings. The molecule has 3 heterocycles. The highest BCUT2D eigenvalue weighted by molar-refractivity contribution is 5.53. The highest BCUT2D eigenvalue weighted by Crippen LogP contribution is 2.52. The molecule has 5 rings (SSSR count). The maximum atomic E-state index is 5.88. The molecule has 27 heavy (non-hydrogen) atoms. The Morgan fingerprint density at radius 2 is 1.93 bits per heavy atom. The van der Waals surface area contributed by atoms with Crippen LogP contribution in [0.4, 0.5) is 0 Å². The van der Waals surface area contributed by atoms with Crippen LogP contribution >= 0.6 is 0 Å². The van der Waals surface area contributed by atoms with Crippen LogP contribution in [0.5, 0.6) is 11.5 Å². The fraction of sp³-hybridized carbons (Fsp3) is 0.600. The lowest BCUT2D eigenvalue weighted by Crippen LogP contribution is -2.46. The molecule has 1 unspecified atom stereocenters. The summed E-state index contributed by atoms with van der Waals surface area (Å²) < 4.78 is 16.9. The first kappa shape index (κ1) is 17.0. The van der Waals surface area contributed by atoms with Gasteiger partial charge < -0.3 is 19.7 Å². The van der Waals surface area contributed by atoms with Gasteiger partial charge in [-0.1, -0.05) is 18.0 Å². The van der Waals surface area contributed by atoms with Crippen LogP contribution in [0.25, 0.3) is 0 Å². The van der Waals surface area contributed by atoms with Crippen LogP contribution < -0.4 is 15.2 Å². The molecule has 1 spiro atoms. The molecule has 7 heteroatoms. The van der Waals surface area contributed by atoms with Gasteiger partial charge >= 0.3 is 0 Å². The number of benzene rings is 1. The Morgan fingerprint density at radius 3 is 2.63 bits per heavy atom. The van der Waals surface area contributed by atoms with Gasteiger partial charge in [-0.05, 0) is 43.0 Å². The van der Waals surface area contributed by atoms with Crippen molar-refractivity contribution in [1.82, 2.24) is 15.0 Å². The molecule has 0 radical (unpaired) electrons. The topological polar surface area (TPSA) is 86.6 Å². The summed E-state index contributed by atoms with van der Waals surface area (Å²) in [6.07, 6.45) is 4.97. The maximum Gasteiger partial charge on any atom is 0.240 e. The van der Waals surface area contributed by atoms with Crippen molar-refractivity contribution in [3.05, 3.63) is 35.0 Å². The van der Waals surface area contributed by atoms with Gasteiger partial charge in [0.25, 0.3) is 0 Å². The van der Waals surface area contributed by atoms with E-state index in [0.717, 1.165) is 18.0 Å². The van der Waals surface area contributed by atoms with E-state index in [1.807, 2.05) is 0 Å². The second kappa shape index (κ2) is 6.49. The van der Waals surface area contributed by atoms with Crippen LogP contribution in [0.15, 0.2) is 16.7 Å². The van der Waals surface area contributed by atoms with Gasteiger partial charge in [-0.2, -0.15) is 4.98 Å². The zero-order valence-electron chi connectivity index (χ0n) is 15.7. The molecule has 0 amide bonds. The minimum atomic E-state index is 0.179. The molecule has 0 saturated heterocycles. The predicted octanol–water partition coefficient (Wildman–Crippen LogP) is 2.69. The Labute approximate surface area is 158 Å². The zero-order valence-corrected chi connectivity index (χ0v) is 15.7. The Hall–Kier alpha value is -2.12. The largest absolute Gasteiger partial charge is 0.486 e. The van der Waals surface area contributed by atoms with Gasteiger partial charge in [-0.15, -0.1) is 0 Å². The third kappa shape index (κ3) is 2.80. The van der Waals surface area contributed by atoms with E-state index in [1.54, 1.807) is 0 Å². The fourth-order valence-electron chi connectivity index (χ4n) is 5.01. The summed E-state index contributed by atoms with van der Waals surface area (Å²) in [5.74, 6) is 2.96. The van der Waals surface area contributed by atoms with E-state index in [-0.39, 0.29) is 18.0 Å². The molecule has 3 aliphatic rings. The van der Waals surface area contributed by atoms with E-state index in [1.165, 1.54) is 36.8 Å². The number of hydrogen-bond acceptors (Lipinski definition) is 7. The molecule has 1 aliphatic carbocycles. The second-order valence-electron chi connectivity index (χ2n) is 7.96. The van der Waals surface area contributed by atoms with E-state index in [2.05, 4.69) is 34.1 Å². The molecule has 144 valence electrons. The predicted molar refractivity (Wildman–Crippen MR) is 98.6 cm³/mol. The van der Waals surface area contributed by atoms with Crippen molar-refractivity contribution >= 4 is 0 Å². The number of ether oxygens (including phenoxy) is 2. The molecule has 7 nitrogen and oxygen atoms in total. The third-order valence-electron chi connectivity index (χ3n) is 6.38. The van der Waals surface area contributed by atoms with E-state index in [0.29, 0.717) is 31.5 Å². The van der Waals surface area contributed by atoms with Crippen LogP contribution in [-0.2, 0) is 18.5 Å². The monoisotopic (exact) mass is 370 g/mol. The van der Waals surface area contributed by atoms with Gasteiger partial charge in [0.2, 0.25) is 5.89 Å². The van der Waals surface area contributed by atoms with E-state index in [4.69, 9.17) is 19.7 Å². The summed E-state index contributed by atoms with van der Waals surface area (Å²) in [5.41, 5.74) is 8.58. The number of hydrogen-bond donors (Lipinski definition) is 1. The first-order chi connectivity index (χ1) is 13.2. The molecular weight excluding hydrogens is 344 g/mol. The van der Waals surface area contributed by atoms with Crippen molar-refractivity contribution in [3.8, 4) is 11.5 Å². The van der Waals surface area contributed by atoms with Crippen molar-refractivity contribution in [3.63, 3.8) is 0 Å². The summed E-state index contributed by atoms with van der Waals surface area (Å²) in [6.45, 7) is 5.44. The van der Waals surface area contributed by atoms with Crippen molar-refractivity contribution < 1.29 is 14.0 Å². The molecule has 2 N–H and O–H groups in total. The first-order valence-electron chi connectivity index (χ1n) is 9.88. The standard InChI is InChI=1S/C20H26N4O3/c1-13-14-8-16-17(26-7-6-25-16)9-15(14)20(4-2-3-5-20)12-24(13)11-18-22-19(10-21)27-23-18/h8-9,13H,2-7,10-12,21H2,1H3. The Kier molecular flexibility index (Phi) is 4.09. The molecule has 1 atom stereocenters. The van der Waals surface area contributed by atoms with E-state index in [9.17, 15) is 0 Å². The van der Waals surface area contributed by atoms with Crippen LogP contribution in [-0.4, -0.2) is 34.8 Å². The number of nitrogens with two attached hydrogens (primary N) is 1. The van der Waals surface area contributed by atoms with Gasteiger partial charge in [-0.3, -0.25) is 4.90 Å². The normalized spacial score (nSPS) is 23.6. The summed E-state index contributed by atoms with van der Waals surface area (Å²) in [6, 6.07) is 4.70. The minimum absolute atomic E-state index is 0.179. The molecule has 2 aliphatic heterocycles. The molecule has 0 bridgehead atoms. The van der Waals surface area contributed by atoms with E-state index < -0.39 is 0 Å². The van der Waals surface area contributed by atoms with Crippen LogP contribution in [0, 0.1) is 0 Å².